The highest BCUT2D eigenvalue weighted by molar-refractivity contribution is 5.38. The van der Waals surface area contributed by atoms with Gasteiger partial charge in [-0.25, -0.2) is 10.3 Å². The van der Waals surface area contributed by atoms with Crippen molar-refractivity contribution in [3.63, 3.8) is 0 Å². The Morgan fingerprint density at radius 2 is 2.14 bits per heavy atom. The van der Waals surface area contributed by atoms with E-state index in [1.54, 1.807) is 20.1 Å². The Morgan fingerprint density at radius 1 is 1.43 bits per heavy atom. The molecule has 0 amide bonds. The summed E-state index contributed by atoms with van der Waals surface area (Å²) < 4.78 is 18.3. The molecule has 4 heteroatoms. The van der Waals surface area contributed by atoms with Gasteiger partial charge in [0.25, 0.3) is 0 Å². The number of rotatable bonds is 4. The van der Waals surface area contributed by atoms with Crippen LogP contribution < -0.4 is 10.6 Å². The van der Waals surface area contributed by atoms with E-state index < -0.39 is 0 Å². The third-order valence-corrected chi connectivity index (χ3v) is 2.05. The van der Waals surface area contributed by atoms with E-state index in [0.717, 1.165) is 5.56 Å². The van der Waals surface area contributed by atoms with Crippen LogP contribution in [0.15, 0.2) is 12.1 Å². The first kappa shape index (κ1) is 10.9. The van der Waals surface area contributed by atoms with Crippen molar-refractivity contribution in [1.29, 1.82) is 0 Å². The Labute approximate surface area is 82.6 Å². The van der Waals surface area contributed by atoms with Crippen LogP contribution in [-0.4, -0.2) is 13.7 Å². The number of methoxy groups -OCH3 is 1. The minimum absolute atomic E-state index is 0.238. The monoisotopic (exact) mass is 199 g/mol. The summed E-state index contributed by atoms with van der Waals surface area (Å²) in [4.78, 5) is 4.44. The summed E-state index contributed by atoms with van der Waals surface area (Å²) in [5.41, 5.74) is 1.33. The van der Waals surface area contributed by atoms with Gasteiger partial charge in [-0.2, -0.15) is 0 Å². The van der Waals surface area contributed by atoms with Crippen molar-refractivity contribution in [1.82, 2.24) is 0 Å². The normalized spacial score (nSPS) is 10.3. The van der Waals surface area contributed by atoms with Gasteiger partial charge in [0.1, 0.15) is 11.6 Å². The number of ether oxygens (including phenoxy) is 1. The second-order valence-electron chi connectivity index (χ2n) is 3.03. The standard InChI is InChI=1S/C10H14FNO2/c1-7-5-10(13-2)8(3-4-14-12)6-9(7)11/h5-6H,3-4,12H2,1-2H3. The van der Waals surface area contributed by atoms with E-state index in [1.807, 2.05) is 0 Å². The maximum atomic E-state index is 13.2. The molecular weight excluding hydrogens is 185 g/mol. The third kappa shape index (κ3) is 2.43. The molecule has 3 nitrogen and oxygen atoms in total. The summed E-state index contributed by atoms with van der Waals surface area (Å²) in [6, 6.07) is 3.12. The first-order valence-electron chi connectivity index (χ1n) is 4.33. The van der Waals surface area contributed by atoms with Gasteiger partial charge in [-0.15, -0.1) is 0 Å². The van der Waals surface area contributed by atoms with Gasteiger partial charge in [0.15, 0.2) is 0 Å². The average Bonchev–Trinajstić information content (AvgIpc) is 2.19. The van der Waals surface area contributed by atoms with Crippen LogP contribution in [0, 0.1) is 12.7 Å². The van der Waals surface area contributed by atoms with E-state index in [0.29, 0.717) is 24.3 Å². The van der Waals surface area contributed by atoms with Crippen molar-refractivity contribution < 1.29 is 14.0 Å². The fraction of sp³-hybridized carbons (Fsp3) is 0.400. The first-order valence-corrected chi connectivity index (χ1v) is 4.33. The number of hydrogen-bond donors (Lipinski definition) is 1. The van der Waals surface area contributed by atoms with Crippen molar-refractivity contribution in [2.24, 2.45) is 5.90 Å². The molecule has 0 bridgehead atoms. The van der Waals surface area contributed by atoms with Gasteiger partial charge in [0.05, 0.1) is 13.7 Å². The number of nitrogens with two attached hydrogens (primary N) is 1. The van der Waals surface area contributed by atoms with Crippen molar-refractivity contribution in [3.05, 3.63) is 29.1 Å². The number of aryl methyl sites for hydroxylation is 1. The zero-order valence-corrected chi connectivity index (χ0v) is 8.34. The zero-order chi connectivity index (χ0) is 10.6. The Hall–Kier alpha value is -1.13. The Morgan fingerprint density at radius 3 is 2.71 bits per heavy atom. The average molecular weight is 199 g/mol. The van der Waals surface area contributed by atoms with Crippen LogP contribution >= 0.6 is 0 Å². The van der Waals surface area contributed by atoms with Crippen molar-refractivity contribution in [3.8, 4) is 5.75 Å². The van der Waals surface area contributed by atoms with Crippen LogP contribution in [0.25, 0.3) is 0 Å². The molecule has 78 valence electrons. The van der Waals surface area contributed by atoms with Crippen LogP contribution in [-0.2, 0) is 11.3 Å². The molecule has 0 saturated carbocycles. The van der Waals surface area contributed by atoms with E-state index >= 15 is 0 Å². The number of benzene rings is 1. The second-order valence-corrected chi connectivity index (χ2v) is 3.03. The van der Waals surface area contributed by atoms with Gasteiger partial charge in [0, 0.05) is 6.42 Å². The van der Waals surface area contributed by atoms with Crippen molar-refractivity contribution >= 4 is 0 Å². The smallest absolute Gasteiger partial charge is 0.126 e. The summed E-state index contributed by atoms with van der Waals surface area (Å²) in [5.74, 6) is 5.33. The molecule has 0 aliphatic carbocycles. The molecule has 1 aromatic carbocycles. The minimum Gasteiger partial charge on any atom is -0.496 e. The molecule has 0 heterocycles. The van der Waals surface area contributed by atoms with Gasteiger partial charge in [-0.1, -0.05) is 0 Å². The van der Waals surface area contributed by atoms with Crippen LogP contribution in [0.1, 0.15) is 11.1 Å². The molecule has 1 aromatic rings. The van der Waals surface area contributed by atoms with Crippen molar-refractivity contribution in [2.75, 3.05) is 13.7 Å². The van der Waals surface area contributed by atoms with E-state index in [1.165, 1.54) is 6.07 Å². The first-order chi connectivity index (χ1) is 6.69. The summed E-state index contributed by atoms with van der Waals surface area (Å²) in [5, 5.41) is 0. The minimum atomic E-state index is -0.238. The lowest BCUT2D eigenvalue weighted by Crippen LogP contribution is -2.05. The van der Waals surface area contributed by atoms with Gasteiger partial charge < -0.3 is 9.57 Å². The lowest BCUT2D eigenvalue weighted by molar-refractivity contribution is 0.140. The van der Waals surface area contributed by atoms with E-state index in [2.05, 4.69) is 4.84 Å². The Balaban J connectivity index is 2.95. The van der Waals surface area contributed by atoms with Gasteiger partial charge >= 0.3 is 0 Å². The van der Waals surface area contributed by atoms with E-state index in [-0.39, 0.29) is 5.82 Å². The molecular formula is C10H14FNO2. The number of halogens is 1. The lowest BCUT2D eigenvalue weighted by atomic mass is 10.1. The largest absolute Gasteiger partial charge is 0.496 e. The molecule has 14 heavy (non-hydrogen) atoms. The number of hydrogen-bond acceptors (Lipinski definition) is 3. The fourth-order valence-corrected chi connectivity index (χ4v) is 1.25. The molecule has 0 atom stereocenters. The molecule has 0 aromatic heterocycles. The van der Waals surface area contributed by atoms with Gasteiger partial charge in [0.2, 0.25) is 0 Å². The van der Waals surface area contributed by atoms with Crippen LogP contribution in [0.5, 0.6) is 5.75 Å². The van der Waals surface area contributed by atoms with Gasteiger partial charge in [-0.3, -0.25) is 0 Å². The summed E-state index contributed by atoms with van der Waals surface area (Å²) in [7, 11) is 1.56. The molecule has 0 aliphatic rings. The molecule has 0 spiro atoms. The second kappa shape index (κ2) is 4.93. The maximum Gasteiger partial charge on any atom is 0.126 e. The summed E-state index contributed by atoms with van der Waals surface area (Å²) in [6.07, 6.45) is 0.539. The predicted molar refractivity (Wildman–Crippen MR) is 51.5 cm³/mol. The van der Waals surface area contributed by atoms with Crippen LogP contribution in [0.3, 0.4) is 0 Å². The fourth-order valence-electron chi connectivity index (χ4n) is 1.25. The molecule has 2 N–H and O–H groups in total. The van der Waals surface area contributed by atoms with E-state index in [9.17, 15) is 4.39 Å². The third-order valence-electron chi connectivity index (χ3n) is 2.05. The quantitative estimate of drug-likeness (QED) is 0.749. The topological polar surface area (TPSA) is 44.5 Å². The van der Waals surface area contributed by atoms with E-state index in [4.69, 9.17) is 10.6 Å². The predicted octanol–water partition coefficient (Wildman–Crippen LogP) is 1.58. The molecule has 0 saturated heterocycles. The summed E-state index contributed by atoms with van der Waals surface area (Å²) >= 11 is 0. The highest BCUT2D eigenvalue weighted by Crippen LogP contribution is 2.22. The van der Waals surface area contributed by atoms with Crippen LogP contribution in [0.2, 0.25) is 0 Å². The molecule has 0 radical (unpaired) electrons. The molecule has 0 fully saturated rings. The highest BCUT2D eigenvalue weighted by atomic mass is 19.1. The Kier molecular flexibility index (Phi) is 3.85. The highest BCUT2D eigenvalue weighted by Gasteiger charge is 2.07. The maximum absolute atomic E-state index is 13.2. The van der Waals surface area contributed by atoms with Crippen molar-refractivity contribution in [2.45, 2.75) is 13.3 Å². The van der Waals surface area contributed by atoms with Gasteiger partial charge in [-0.05, 0) is 30.2 Å². The molecule has 0 unspecified atom stereocenters. The summed E-state index contributed by atoms with van der Waals surface area (Å²) in [6.45, 7) is 2.04. The SMILES string of the molecule is COc1cc(C)c(F)cc1CCON. The zero-order valence-electron chi connectivity index (χ0n) is 8.34. The van der Waals surface area contributed by atoms with Crippen LogP contribution in [0.4, 0.5) is 4.39 Å². The molecule has 1 rings (SSSR count). The molecule has 0 aliphatic heterocycles. The Bertz CT molecular complexity index is 315. The lowest BCUT2D eigenvalue weighted by Gasteiger charge is -2.09.